The van der Waals surface area contributed by atoms with Gasteiger partial charge in [-0.25, -0.2) is 4.79 Å². The van der Waals surface area contributed by atoms with E-state index < -0.39 is 0 Å². The second-order valence-electron chi connectivity index (χ2n) is 5.43. The lowest BCUT2D eigenvalue weighted by molar-refractivity contribution is 0.0342. The fourth-order valence-corrected chi connectivity index (χ4v) is 2.28. The van der Waals surface area contributed by atoms with Crippen molar-refractivity contribution in [2.24, 2.45) is 0 Å². The lowest BCUT2D eigenvalue weighted by Gasteiger charge is -2.34. The molecule has 0 aliphatic carbocycles. The Morgan fingerprint density at radius 1 is 1.35 bits per heavy atom. The molecule has 0 aromatic heterocycles. The van der Waals surface area contributed by atoms with Gasteiger partial charge in [-0.2, -0.15) is 0 Å². The van der Waals surface area contributed by atoms with Gasteiger partial charge in [0, 0.05) is 17.9 Å². The molecule has 0 saturated carbocycles. The van der Waals surface area contributed by atoms with Gasteiger partial charge in [-0.1, -0.05) is 12.1 Å². The smallest absolute Gasteiger partial charge is 0.319 e. The van der Waals surface area contributed by atoms with Crippen LogP contribution in [0.2, 0.25) is 0 Å². The molecule has 1 saturated heterocycles. The Morgan fingerprint density at radius 2 is 2.15 bits per heavy atom. The molecule has 2 amide bonds. The number of hydrogen-bond acceptors (Lipinski definition) is 3. The summed E-state index contributed by atoms with van der Waals surface area (Å²) in [7, 11) is 0. The predicted octanol–water partition coefficient (Wildman–Crippen LogP) is 2.58. The number of urea groups is 1. The minimum absolute atomic E-state index is 0.0262. The van der Waals surface area contributed by atoms with E-state index in [4.69, 9.17) is 4.74 Å². The first kappa shape index (κ1) is 14.5. The maximum Gasteiger partial charge on any atom is 0.319 e. The van der Waals surface area contributed by atoms with Crippen molar-refractivity contribution in [2.75, 3.05) is 18.5 Å². The summed E-state index contributed by atoms with van der Waals surface area (Å²) in [4.78, 5) is 23.3. The van der Waals surface area contributed by atoms with Gasteiger partial charge in [-0.3, -0.25) is 4.79 Å². The highest BCUT2D eigenvalue weighted by Gasteiger charge is 2.29. The minimum Gasteiger partial charge on any atom is -0.379 e. The average Bonchev–Trinajstić information content (AvgIpc) is 2.39. The molecule has 108 valence electrons. The first-order valence-electron chi connectivity index (χ1n) is 6.76. The number of rotatable bonds is 3. The van der Waals surface area contributed by atoms with Gasteiger partial charge in [0.2, 0.25) is 0 Å². The SMILES string of the molecule is CC(=O)c1cccc(NC(=O)NC2(C)CCCOC2)c1. The van der Waals surface area contributed by atoms with Crippen molar-refractivity contribution in [3.05, 3.63) is 29.8 Å². The van der Waals surface area contributed by atoms with Crippen molar-refractivity contribution >= 4 is 17.5 Å². The van der Waals surface area contributed by atoms with Crippen LogP contribution in [0.4, 0.5) is 10.5 Å². The highest BCUT2D eigenvalue weighted by Crippen LogP contribution is 2.18. The van der Waals surface area contributed by atoms with Crippen LogP contribution in [0, 0.1) is 0 Å². The summed E-state index contributed by atoms with van der Waals surface area (Å²) in [5.41, 5.74) is 0.853. The Hall–Kier alpha value is -1.88. The van der Waals surface area contributed by atoms with E-state index in [0.717, 1.165) is 19.4 Å². The van der Waals surface area contributed by atoms with Crippen LogP contribution >= 0.6 is 0 Å². The van der Waals surface area contributed by atoms with E-state index in [1.165, 1.54) is 6.92 Å². The van der Waals surface area contributed by atoms with Crippen molar-refractivity contribution in [2.45, 2.75) is 32.2 Å². The second-order valence-corrected chi connectivity index (χ2v) is 5.43. The molecule has 5 heteroatoms. The molecule has 20 heavy (non-hydrogen) atoms. The van der Waals surface area contributed by atoms with Crippen LogP contribution in [-0.4, -0.2) is 30.6 Å². The monoisotopic (exact) mass is 276 g/mol. The fourth-order valence-electron chi connectivity index (χ4n) is 2.28. The summed E-state index contributed by atoms with van der Waals surface area (Å²) in [6, 6.07) is 6.62. The summed E-state index contributed by atoms with van der Waals surface area (Å²) in [5.74, 6) is -0.0262. The third-order valence-electron chi connectivity index (χ3n) is 3.38. The minimum atomic E-state index is -0.333. The number of amides is 2. The van der Waals surface area contributed by atoms with Gasteiger partial charge in [-0.05, 0) is 38.8 Å². The largest absolute Gasteiger partial charge is 0.379 e. The summed E-state index contributed by atoms with van der Waals surface area (Å²) < 4.78 is 5.40. The molecule has 2 rings (SSSR count). The number of ether oxygens (including phenoxy) is 1. The maximum absolute atomic E-state index is 12.0. The van der Waals surface area contributed by atoms with Crippen LogP contribution in [0.5, 0.6) is 0 Å². The van der Waals surface area contributed by atoms with Crippen molar-refractivity contribution in [3.8, 4) is 0 Å². The third kappa shape index (κ3) is 3.81. The van der Waals surface area contributed by atoms with Gasteiger partial charge in [0.25, 0.3) is 0 Å². The quantitative estimate of drug-likeness (QED) is 0.834. The average molecular weight is 276 g/mol. The molecule has 1 atom stereocenters. The molecule has 1 aliphatic heterocycles. The normalized spacial score (nSPS) is 22.1. The van der Waals surface area contributed by atoms with E-state index in [-0.39, 0.29) is 17.4 Å². The van der Waals surface area contributed by atoms with Gasteiger partial charge in [0.05, 0.1) is 12.1 Å². The number of ketones is 1. The molecule has 1 aromatic carbocycles. The number of nitrogens with one attached hydrogen (secondary N) is 2. The summed E-state index contributed by atoms with van der Waals surface area (Å²) in [6.07, 6.45) is 1.84. The van der Waals surface area contributed by atoms with Crippen LogP contribution < -0.4 is 10.6 Å². The van der Waals surface area contributed by atoms with E-state index in [9.17, 15) is 9.59 Å². The predicted molar refractivity (Wildman–Crippen MR) is 77.1 cm³/mol. The summed E-state index contributed by atoms with van der Waals surface area (Å²) in [6.45, 7) is 4.74. The van der Waals surface area contributed by atoms with E-state index >= 15 is 0 Å². The van der Waals surface area contributed by atoms with Crippen LogP contribution in [-0.2, 0) is 4.74 Å². The Morgan fingerprint density at radius 3 is 2.80 bits per heavy atom. The number of Topliss-reactive ketones (excluding diaryl/α,β-unsaturated/α-hetero) is 1. The highest BCUT2D eigenvalue weighted by atomic mass is 16.5. The van der Waals surface area contributed by atoms with Gasteiger partial charge in [0.15, 0.2) is 5.78 Å². The van der Waals surface area contributed by atoms with Gasteiger partial charge in [-0.15, -0.1) is 0 Å². The first-order valence-corrected chi connectivity index (χ1v) is 6.76. The molecular weight excluding hydrogens is 256 g/mol. The zero-order valence-electron chi connectivity index (χ0n) is 11.9. The summed E-state index contributed by atoms with van der Waals surface area (Å²) >= 11 is 0. The van der Waals surface area contributed by atoms with E-state index in [1.807, 2.05) is 6.92 Å². The van der Waals surface area contributed by atoms with Gasteiger partial charge in [0.1, 0.15) is 0 Å². The number of hydrogen-bond donors (Lipinski definition) is 2. The standard InChI is InChI=1S/C15H20N2O3/c1-11(18)12-5-3-6-13(9-12)16-14(19)17-15(2)7-4-8-20-10-15/h3,5-6,9H,4,7-8,10H2,1-2H3,(H2,16,17,19). The van der Waals surface area contributed by atoms with Crippen LogP contribution in [0.15, 0.2) is 24.3 Å². The molecule has 0 radical (unpaired) electrons. The van der Waals surface area contributed by atoms with Gasteiger partial charge >= 0.3 is 6.03 Å². The molecule has 1 heterocycles. The molecule has 5 nitrogen and oxygen atoms in total. The lowest BCUT2D eigenvalue weighted by atomic mass is 9.95. The fraction of sp³-hybridized carbons (Fsp3) is 0.467. The lowest BCUT2D eigenvalue weighted by Crippen LogP contribution is -2.52. The Balaban J connectivity index is 1.97. The highest BCUT2D eigenvalue weighted by molar-refractivity contribution is 5.96. The van der Waals surface area contributed by atoms with E-state index in [2.05, 4.69) is 10.6 Å². The second kappa shape index (κ2) is 6.05. The first-order chi connectivity index (χ1) is 9.48. The molecule has 0 spiro atoms. The molecule has 2 N–H and O–H groups in total. The van der Waals surface area contributed by atoms with E-state index in [1.54, 1.807) is 24.3 Å². The number of carbonyl (C=O) groups is 2. The van der Waals surface area contributed by atoms with Crippen molar-refractivity contribution in [1.29, 1.82) is 0 Å². The molecular formula is C15H20N2O3. The molecule has 0 bridgehead atoms. The van der Waals surface area contributed by atoms with Crippen molar-refractivity contribution < 1.29 is 14.3 Å². The summed E-state index contributed by atoms with van der Waals surface area (Å²) in [5, 5.41) is 5.68. The van der Waals surface area contributed by atoms with Crippen LogP contribution in [0.1, 0.15) is 37.0 Å². The Bertz CT molecular complexity index is 508. The zero-order chi connectivity index (χ0) is 14.6. The van der Waals surface area contributed by atoms with Crippen molar-refractivity contribution in [1.82, 2.24) is 5.32 Å². The van der Waals surface area contributed by atoms with Crippen LogP contribution in [0.3, 0.4) is 0 Å². The molecule has 1 aromatic rings. The molecule has 1 aliphatic rings. The number of carbonyl (C=O) groups excluding carboxylic acids is 2. The molecule has 1 fully saturated rings. The number of anilines is 1. The Labute approximate surface area is 118 Å². The molecule has 1 unspecified atom stereocenters. The van der Waals surface area contributed by atoms with Crippen LogP contribution in [0.25, 0.3) is 0 Å². The Kier molecular flexibility index (Phi) is 4.39. The van der Waals surface area contributed by atoms with Gasteiger partial charge < -0.3 is 15.4 Å². The van der Waals surface area contributed by atoms with Crippen molar-refractivity contribution in [3.63, 3.8) is 0 Å². The zero-order valence-corrected chi connectivity index (χ0v) is 11.9. The maximum atomic E-state index is 12.0. The third-order valence-corrected chi connectivity index (χ3v) is 3.38. The van der Waals surface area contributed by atoms with E-state index in [0.29, 0.717) is 17.9 Å². The topological polar surface area (TPSA) is 67.4 Å². The number of benzene rings is 1.